The summed E-state index contributed by atoms with van der Waals surface area (Å²) in [7, 11) is 4.07. The predicted molar refractivity (Wildman–Crippen MR) is 40.8 cm³/mol. The van der Waals surface area contributed by atoms with Gasteiger partial charge in [-0.2, -0.15) is 0 Å². The zero-order valence-corrected chi connectivity index (χ0v) is 9.47. The molecule has 2 heteroatoms. The molecule has 1 aromatic carbocycles. The number of nitrogens with zero attached hydrogens (tertiary/aromatic N) is 1. The van der Waals surface area contributed by atoms with E-state index in [1.165, 1.54) is 5.69 Å². The Morgan fingerprint density at radius 1 is 1.00 bits per heavy atom. The molecule has 0 aliphatic heterocycles. The van der Waals surface area contributed by atoms with Gasteiger partial charge in [-0.1, -0.05) is 18.2 Å². The van der Waals surface area contributed by atoms with Gasteiger partial charge in [0.2, 0.25) is 0 Å². The van der Waals surface area contributed by atoms with Crippen molar-refractivity contribution in [3.8, 4) is 0 Å². The number of hydrogen-bond donors (Lipinski definition) is 0. The van der Waals surface area contributed by atoms with Crippen molar-refractivity contribution >= 4 is 5.69 Å². The fraction of sp³-hybridized carbons (Fsp3) is 0.250. The molecular weight excluding hydrogens is 250 g/mol. The molecule has 49 valence electrons. The standard InChI is InChI=1S/C8H11N.Ce/c1-9(2)8-6-4-3-5-7-8;/h3-7H,1-2H3;/q;+3. The van der Waals surface area contributed by atoms with Gasteiger partial charge in [-0.15, -0.1) is 0 Å². The maximum atomic E-state index is 2.08. The monoisotopic (exact) mass is 261 g/mol. The summed E-state index contributed by atoms with van der Waals surface area (Å²) in [5, 5.41) is 0. The molecule has 0 heterocycles. The van der Waals surface area contributed by atoms with Crippen molar-refractivity contribution < 1.29 is 41.7 Å². The maximum absolute atomic E-state index is 2.08. The average Bonchev–Trinajstić information content (AvgIpc) is 1.90. The quantitative estimate of drug-likeness (QED) is 0.744. The third-order valence-corrected chi connectivity index (χ3v) is 1.27. The van der Waals surface area contributed by atoms with Crippen molar-refractivity contribution in [3.05, 3.63) is 30.3 Å². The summed E-state index contributed by atoms with van der Waals surface area (Å²) >= 11 is 0. The van der Waals surface area contributed by atoms with Crippen LogP contribution in [-0.4, -0.2) is 14.1 Å². The topological polar surface area (TPSA) is 3.24 Å². The van der Waals surface area contributed by atoms with Gasteiger partial charge in [-0.05, 0) is 12.1 Å². The Morgan fingerprint density at radius 2 is 1.50 bits per heavy atom. The second-order valence-electron chi connectivity index (χ2n) is 2.23. The van der Waals surface area contributed by atoms with Crippen LogP contribution in [-0.2, 0) is 0 Å². The third-order valence-electron chi connectivity index (χ3n) is 1.27. The Balaban J connectivity index is 0.000000810. The van der Waals surface area contributed by atoms with Crippen molar-refractivity contribution in [3.63, 3.8) is 0 Å². The van der Waals surface area contributed by atoms with Gasteiger partial charge in [0.25, 0.3) is 0 Å². The van der Waals surface area contributed by atoms with Gasteiger partial charge in [-0.3, -0.25) is 0 Å². The largest absolute Gasteiger partial charge is 3.00 e. The minimum absolute atomic E-state index is 0. The summed E-state index contributed by atoms with van der Waals surface area (Å²) in [5.74, 6) is 0. The molecule has 10 heavy (non-hydrogen) atoms. The van der Waals surface area contributed by atoms with Crippen LogP contribution in [0.25, 0.3) is 0 Å². The van der Waals surface area contributed by atoms with Crippen molar-refractivity contribution in [2.45, 2.75) is 0 Å². The van der Waals surface area contributed by atoms with Crippen LogP contribution in [0.4, 0.5) is 5.69 Å². The molecule has 0 spiro atoms. The summed E-state index contributed by atoms with van der Waals surface area (Å²) < 4.78 is 0. The minimum Gasteiger partial charge on any atom is -0.378 e. The zero-order chi connectivity index (χ0) is 6.69. The van der Waals surface area contributed by atoms with Gasteiger partial charge < -0.3 is 4.90 Å². The smallest absolute Gasteiger partial charge is 0.378 e. The molecule has 0 saturated heterocycles. The average molecular weight is 261 g/mol. The predicted octanol–water partition coefficient (Wildman–Crippen LogP) is 1.75. The van der Waals surface area contributed by atoms with Crippen molar-refractivity contribution in [1.82, 2.24) is 0 Å². The number of para-hydroxylation sites is 1. The van der Waals surface area contributed by atoms with Crippen LogP contribution in [0.2, 0.25) is 0 Å². The van der Waals surface area contributed by atoms with E-state index in [1.807, 2.05) is 32.3 Å². The second kappa shape index (κ2) is 5.10. The van der Waals surface area contributed by atoms with E-state index in [4.69, 9.17) is 0 Å². The van der Waals surface area contributed by atoms with Crippen molar-refractivity contribution in [2.24, 2.45) is 0 Å². The van der Waals surface area contributed by atoms with Crippen LogP contribution < -0.4 is 4.90 Å². The zero-order valence-electron chi connectivity index (χ0n) is 6.33. The normalized spacial score (nSPS) is 8.20. The van der Waals surface area contributed by atoms with Gasteiger partial charge in [-0.25, -0.2) is 0 Å². The first-order chi connectivity index (χ1) is 4.30. The van der Waals surface area contributed by atoms with Crippen LogP contribution in [0, 0.1) is 41.7 Å². The van der Waals surface area contributed by atoms with Crippen LogP contribution in [0.1, 0.15) is 0 Å². The van der Waals surface area contributed by atoms with E-state index in [0.717, 1.165) is 0 Å². The van der Waals surface area contributed by atoms with E-state index in [0.29, 0.717) is 0 Å². The molecule has 0 bridgehead atoms. The van der Waals surface area contributed by atoms with E-state index in [9.17, 15) is 0 Å². The van der Waals surface area contributed by atoms with E-state index in [1.54, 1.807) is 0 Å². The molecule has 1 aromatic rings. The van der Waals surface area contributed by atoms with E-state index in [-0.39, 0.29) is 41.7 Å². The molecule has 0 aromatic heterocycles. The number of hydrogen-bond acceptors (Lipinski definition) is 1. The third kappa shape index (κ3) is 2.99. The Labute approximate surface area is 95.8 Å². The summed E-state index contributed by atoms with van der Waals surface area (Å²) in [6.45, 7) is 0. The van der Waals surface area contributed by atoms with Crippen LogP contribution in [0.3, 0.4) is 0 Å². The Hall–Kier alpha value is 0.397. The molecule has 0 N–H and O–H groups in total. The molecule has 0 amide bonds. The Morgan fingerprint density at radius 3 is 1.80 bits per heavy atom. The molecular formula is C8H11CeN+3. The summed E-state index contributed by atoms with van der Waals surface area (Å²) in [6, 6.07) is 10.3. The Kier molecular flexibility index (Phi) is 5.30. The molecule has 0 unspecified atom stereocenters. The number of benzene rings is 1. The van der Waals surface area contributed by atoms with E-state index < -0.39 is 0 Å². The van der Waals surface area contributed by atoms with Gasteiger partial charge in [0.15, 0.2) is 0 Å². The van der Waals surface area contributed by atoms with Crippen molar-refractivity contribution in [2.75, 3.05) is 19.0 Å². The van der Waals surface area contributed by atoms with Gasteiger partial charge in [0, 0.05) is 19.8 Å². The first kappa shape index (κ1) is 10.4. The summed E-state index contributed by atoms with van der Waals surface area (Å²) in [6.07, 6.45) is 0. The van der Waals surface area contributed by atoms with E-state index >= 15 is 0 Å². The molecule has 0 aliphatic carbocycles. The molecule has 0 saturated carbocycles. The molecule has 0 atom stereocenters. The van der Waals surface area contributed by atoms with Crippen molar-refractivity contribution in [1.29, 1.82) is 0 Å². The maximum Gasteiger partial charge on any atom is 3.00 e. The molecule has 1 nitrogen and oxygen atoms in total. The Bertz CT molecular complexity index is 172. The number of rotatable bonds is 1. The summed E-state index contributed by atoms with van der Waals surface area (Å²) in [4.78, 5) is 2.08. The second-order valence-corrected chi connectivity index (χ2v) is 2.23. The molecule has 0 aliphatic rings. The van der Waals surface area contributed by atoms with E-state index in [2.05, 4.69) is 17.0 Å². The molecule has 1 rings (SSSR count). The number of anilines is 1. The molecule has 0 fully saturated rings. The van der Waals surface area contributed by atoms with Gasteiger partial charge >= 0.3 is 41.7 Å². The van der Waals surface area contributed by atoms with Crippen LogP contribution in [0.5, 0.6) is 0 Å². The fourth-order valence-electron chi connectivity index (χ4n) is 0.726. The first-order valence-corrected chi connectivity index (χ1v) is 3.03. The minimum atomic E-state index is 0. The molecule has 1 radical (unpaired) electrons. The fourth-order valence-corrected chi connectivity index (χ4v) is 0.726. The van der Waals surface area contributed by atoms with Crippen LogP contribution in [0.15, 0.2) is 30.3 Å². The first-order valence-electron chi connectivity index (χ1n) is 3.03. The van der Waals surface area contributed by atoms with Gasteiger partial charge in [0.1, 0.15) is 0 Å². The van der Waals surface area contributed by atoms with Crippen LogP contribution >= 0.6 is 0 Å². The summed E-state index contributed by atoms with van der Waals surface area (Å²) in [5.41, 5.74) is 1.25. The SMILES string of the molecule is CN(C)c1ccccc1.[Ce+3]. The van der Waals surface area contributed by atoms with Gasteiger partial charge in [0.05, 0.1) is 0 Å².